The van der Waals surface area contributed by atoms with Crippen LogP contribution in [0, 0.1) is 11.6 Å². The fourth-order valence-electron chi connectivity index (χ4n) is 1.05. The van der Waals surface area contributed by atoms with Crippen LogP contribution in [-0.4, -0.2) is 23.0 Å². The lowest BCUT2D eigenvalue weighted by atomic mass is 10.3. The van der Waals surface area contributed by atoms with Gasteiger partial charge in [-0.05, 0) is 12.1 Å². The van der Waals surface area contributed by atoms with Gasteiger partial charge in [-0.2, -0.15) is 0 Å². The third-order valence-electron chi connectivity index (χ3n) is 1.86. The smallest absolute Gasteiger partial charge is 0.306 e. The molecule has 1 rings (SSSR count). The van der Waals surface area contributed by atoms with Crippen LogP contribution in [0.2, 0.25) is 0 Å². The quantitative estimate of drug-likeness (QED) is 0.761. The minimum atomic E-state index is -1.67. The van der Waals surface area contributed by atoms with Crippen LogP contribution in [0.3, 0.4) is 0 Å². The Bertz CT molecular complexity index is 421. The average Bonchev–Trinajstić information content (AvgIpc) is 2.25. The van der Waals surface area contributed by atoms with Crippen molar-refractivity contribution in [3.05, 3.63) is 29.8 Å². The number of hydrogen-bond donors (Lipinski definition) is 0. The van der Waals surface area contributed by atoms with Crippen molar-refractivity contribution in [3.8, 4) is 0 Å². The molecule has 0 aliphatic heterocycles. The molecule has 0 aromatic heterocycles. The van der Waals surface area contributed by atoms with Crippen LogP contribution in [-0.2, 0) is 20.3 Å². The molecule has 0 aliphatic rings. The highest BCUT2D eigenvalue weighted by atomic mass is 32.2. The molecule has 6 heteroatoms. The zero-order valence-electron chi connectivity index (χ0n) is 8.54. The second kappa shape index (κ2) is 5.69. The Kier molecular flexibility index (Phi) is 4.54. The van der Waals surface area contributed by atoms with Gasteiger partial charge in [-0.25, -0.2) is 8.78 Å². The Morgan fingerprint density at radius 2 is 2.12 bits per heavy atom. The van der Waals surface area contributed by atoms with Crippen molar-refractivity contribution in [1.82, 2.24) is 0 Å². The minimum Gasteiger partial charge on any atom is -0.469 e. The third-order valence-corrected chi connectivity index (χ3v) is 3.26. The van der Waals surface area contributed by atoms with E-state index in [0.29, 0.717) is 6.07 Å². The highest BCUT2D eigenvalue weighted by molar-refractivity contribution is 7.85. The van der Waals surface area contributed by atoms with Crippen molar-refractivity contribution < 1.29 is 22.5 Å². The summed E-state index contributed by atoms with van der Waals surface area (Å²) in [5, 5.41) is 0. The van der Waals surface area contributed by atoms with Crippen LogP contribution >= 0.6 is 0 Å². The standard InChI is InChI=1S/C10H10F2O3S/c1-15-10(13)4-5-16(14)9-3-2-7(11)6-8(9)12/h2-3,6H,4-5H2,1H3. The first-order valence-corrected chi connectivity index (χ1v) is 5.76. The number of hydrogen-bond acceptors (Lipinski definition) is 3. The molecule has 0 heterocycles. The van der Waals surface area contributed by atoms with Gasteiger partial charge >= 0.3 is 5.97 Å². The molecule has 0 fully saturated rings. The SMILES string of the molecule is COC(=O)CCS(=O)c1ccc(F)cc1F. The van der Waals surface area contributed by atoms with E-state index in [9.17, 15) is 17.8 Å². The summed E-state index contributed by atoms with van der Waals surface area (Å²) in [6.45, 7) is 0. The Balaban J connectivity index is 2.70. The second-order valence-electron chi connectivity index (χ2n) is 2.95. The average molecular weight is 248 g/mol. The lowest BCUT2D eigenvalue weighted by Crippen LogP contribution is -2.08. The summed E-state index contributed by atoms with van der Waals surface area (Å²) in [6.07, 6.45) is -0.0695. The molecule has 0 bridgehead atoms. The van der Waals surface area contributed by atoms with E-state index in [-0.39, 0.29) is 17.1 Å². The third kappa shape index (κ3) is 3.37. The van der Waals surface area contributed by atoms with E-state index in [2.05, 4.69) is 4.74 Å². The number of ether oxygens (including phenoxy) is 1. The van der Waals surface area contributed by atoms with Gasteiger partial charge in [-0.1, -0.05) is 0 Å². The molecule has 0 amide bonds. The van der Waals surface area contributed by atoms with Gasteiger partial charge in [0.2, 0.25) is 0 Å². The first-order valence-electron chi connectivity index (χ1n) is 4.45. The Hall–Kier alpha value is -1.30. The van der Waals surface area contributed by atoms with Gasteiger partial charge in [0.15, 0.2) is 0 Å². The molecular weight excluding hydrogens is 238 g/mol. The Morgan fingerprint density at radius 3 is 2.69 bits per heavy atom. The van der Waals surface area contributed by atoms with Gasteiger partial charge in [-0.15, -0.1) is 0 Å². The molecular formula is C10H10F2O3S. The summed E-state index contributed by atoms with van der Waals surface area (Å²) in [4.78, 5) is 10.7. The van der Waals surface area contributed by atoms with Gasteiger partial charge in [0.05, 0.1) is 29.2 Å². The summed E-state index contributed by atoms with van der Waals surface area (Å²) in [5.41, 5.74) is 0. The predicted octanol–water partition coefficient (Wildman–Crippen LogP) is 1.64. The van der Waals surface area contributed by atoms with E-state index >= 15 is 0 Å². The van der Waals surface area contributed by atoms with E-state index in [1.807, 2.05) is 0 Å². The van der Waals surface area contributed by atoms with Gasteiger partial charge in [-0.3, -0.25) is 9.00 Å². The van der Waals surface area contributed by atoms with Crippen molar-refractivity contribution in [2.45, 2.75) is 11.3 Å². The minimum absolute atomic E-state index is 0.0464. The highest BCUT2D eigenvalue weighted by Crippen LogP contribution is 2.14. The number of methoxy groups -OCH3 is 1. The van der Waals surface area contributed by atoms with Crippen molar-refractivity contribution >= 4 is 16.8 Å². The molecule has 1 aromatic rings. The molecule has 1 unspecified atom stereocenters. The zero-order chi connectivity index (χ0) is 12.1. The normalized spacial score (nSPS) is 12.2. The molecule has 1 atom stereocenters. The zero-order valence-corrected chi connectivity index (χ0v) is 9.35. The molecule has 3 nitrogen and oxygen atoms in total. The molecule has 0 saturated carbocycles. The number of esters is 1. The van der Waals surface area contributed by atoms with E-state index in [4.69, 9.17) is 0 Å². The maximum absolute atomic E-state index is 13.2. The topological polar surface area (TPSA) is 43.4 Å². The molecule has 16 heavy (non-hydrogen) atoms. The van der Waals surface area contributed by atoms with E-state index < -0.39 is 28.4 Å². The molecule has 1 aromatic carbocycles. The van der Waals surface area contributed by atoms with Gasteiger partial charge in [0, 0.05) is 11.8 Å². The number of rotatable bonds is 4. The maximum Gasteiger partial charge on any atom is 0.306 e. The lowest BCUT2D eigenvalue weighted by molar-refractivity contribution is -0.140. The van der Waals surface area contributed by atoms with E-state index in [1.165, 1.54) is 7.11 Å². The molecule has 0 N–H and O–H groups in total. The van der Waals surface area contributed by atoms with E-state index in [0.717, 1.165) is 12.1 Å². The predicted molar refractivity (Wildman–Crippen MR) is 54.3 cm³/mol. The number of carbonyl (C=O) groups is 1. The van der Waals surface area contributed by atoms with Crippen LogP contribution in [0.5, 0.6) is 0 Å². The Morgan fingerprint density at radius 1 is 1.44 bits per heavy atom. The summed E-state index contributed by atoms with van der Waals surface area (Å²) in [5.74, 6) is -2.17. The van der Waals surface area contributed by atoms with Crippen LogP contribution < -0.4 is 0 Å². The number of benzene rings is 1. The molecule has 0 saturated heterocycles. The monoisotopic (exact) mass is 248 g/mol. The largest absolute Gasteiger partial charge is 0.469 e. The second-order valence-corrected chi connectivity index (χ2v) is 4.49. The van der Waals surface area contributed by atoms with Gasteiger partial charge in [0.25, 0.3) is 0 Å². The number of halogens is 2. The van der Waals surface area contributed by atoms with Crippen molar-refractivity contribution in [1.29, 1.82) is 0 Å². The first-order chi connectivity index (χ1) is 7.54. The fraction of sp³-hybridized carbons (Fsp3) is 0.300. The van der Waals surface area contributed by atoms with Crippen molar-refractivity contribution in [2.75, 3.05) is 12.9 Å². The maximum atomic E-state index is 13.2. The van der Waals surface area contributed by atoms with Crippen LogP contribution in [0.4, 0.5) is 8.78 Å². The molecule has 0 aliphatic carbocycles. The summed E-state index contributed by atoms with van der Waals surface area (Å²) in [6, 6.07) is 2.79. The summed E-state index contributed by atoms with van der Waals surface area (Å²) in [7, 11) is -0.456. The lowest BCUT2D eigenvalue weighted by Gasteiger charge is -2.03. The summed E-state index contributed by atoms with van der Waals surface area (Å²) >= 11 is 0. The summed E-state index contributed by atoms with van der Waals surface area (Å²) < 4.78 is 41.6. The van der Waals surface area contributed by atoms with Crippen LogP contribution in [0.25, 0.3) is 0 Å². The van der Waals surface area contributed by atoms with Crippen LogP contribution in [0.1, 0.15) is 6.42 Å². The van der Waals surface area contributed by atoms with Crippen molar-refractivity contribution in [3.63, 3.8) is 0 Å². The van der Waals surface area contributed by atoms with E-state index in [1.54, 1.807) is 0 Å². The first kappa shape index (κ1) is 12.8. The van der Waals surface area contributed by atoms with Gasteiger partial charge < -0.3 is 4.74 Å². The highest BCUT2D eigenvalue weighted by Gasteiger charge is 2.12. The Labute approximate surface area is 93.9 Å². The van der Waals surface area contributed by atoms with Crippen LogP contribution in [0.15, 0.2) is 23.1 Å². The molecule has 0 spiro atoms. The molecule has 0 radical (unpaired) electrons. The fourth-order valence-corrected chi connectivity index (χ4v) is 2.12. The van der Waals surface area contributed by atoms with Crippen molar-refractivity contribution in [2.24, 2.45) is 0 Å². The van der Waals surface area contributed by atoms with Gasteiger partial charge in [0.1, 0.15) is 11.6 Å². The number of carbonyl (C=O) groups excluding carboxylic acids is 1. The molecule has 88 valence electrons.